The molecule has 0 aromatic heterocycles. The highest BCUT2D eigenvalue weighted by atomic mass is 32.2. The number of hydrogen-bond donors (Lipinski definition) is 1. The summed E-state index contributed by atoms with van der Waals surface area (Å²) in [6.07, 6.45) is 0. The van der Waals surface area contributed by atoms with Crippen molar-refractivity contribution in [2.24, 2.45) is 0 Å². The topological polar surface area (TPSA) is 66.8 Å². The van der Waals surface area contributed by atoms with Crippen LogP contribution in [0.3, 0.4) is 0 Å². The van der Waals surface area contributed by atoms with Gasteiger partial charge < -0.3 is 9.84 Å². The lowest BCUT2D eigenvalue weighted by molar-refractivity contribution is -0.115. The number of carbonyl (C=O) groups is 2. The molecule has 1 aliphatic rings. The van der Waals surface area contributed by atoms with E-state index in [1.54, 1.807) is 24.1 Å². The molecule has 1 amide bonds. The predicted molar refractivity (Wildman–Crippen MR) is 89.1 cm³/mol. The molecular formula is C17H15NO4S. The van der Waals surface area contributed by atoms with Gasteiger partial charge in [-0.25, -0.2) is 4.79 Å². The van der Waals surface area contributed by atoms with Crippen molar-refractivity contribution in [3.63, 3.8) is 0 Å². The zero-order valence-electron chi connectivity index (χ0n) is 12.4. The number of hydrogen-bond acceptors (Lipinski definition) is 4. The third kappa shape index (κ3) is 3.03. The maximum absolute atomic E-state index is 12.3. The second kappa shape index (κ2) is 6.34. The number of carbonyl (C=O) groups excluding carboxylic acids is 1. The summed E-state index contributed by atoms with van der Waals surface area (Å²) in [5.74, 6) is 0.0848. The van der Waals surface area contributed by atoms with Gasteiger partial charge in [0.05, 0.1) is 18.4 Å². The van der Waals surface area contributed by atoms with Gasteiger partial charge in [0.2, 0.25) is 5.91 Å². The minimum absolute atomic E-state index is 0.0293. The first-order valence-corrected chi connectivity index (χ1v) is 8.06. The van der Waals surface area contributed by atoms with E-state index in [1.807, 2.05) is 24.3 Å². The first kappa shape index (κ1) is 15.4. The maximum atomic E-state index is 12.3. The zero-order chi connectivity index (χ0) is 16.4. The van der Waals surface area contributed by atoms with Crippen LogP contribution in [-0.4, -0.2) is 29.8 Å². The van der Waals surface area contributed by atoms with Crippen molar-refractivity contribution in [1.29, 1.82) is 0 Å². The van der Waals surface area contributed by atoms with E-state index in [2.05, 4.69) is 0 Å². The van der Waals surface area contributed by atoms with Crippen LogP contribution in [0.25, 0.3) is 0 Å². The van der Waals surface area contributed by atoms with E-state index in [9.17, 15) is 9.59 Å². The lowest BCUT2D eigenvalue weighted by atomic mass is 10.1. The van der Waals surface area contributed by atoms with Crippen LogP contribution in [0.5, 0.6) is 5.75 Å². The summed E-state index contributed by atoms with van der Waals surface area (Å²) in [7, 11) is 1.60. The molecule has 118 valence electrons. The van der Waals surface area contributed by atoms with Crippen molar-refractivity contribution in [3.8, 4) is 5.75 Å². The van der Waals surface area contributed by atoms with Crippen LogP contribution < -0.4 is 9.64 Å². The summed E-state index contributed by atoms with van der Waals surface area (Å²) in [5, 5.41) is 8.97. The van der Waals surface area contributed by atoms with Gasteiger partial charge >= 0.3 is 5.97 Å². The average molecular weight is 329 g/mol. The highest BCUT2D eigenvalue weighted by molar-refractivity contribution is 8.00. The van der Waals surface area contributed by atoms with E-state index in [1.165, 1.54) is 23.9 Å². The van der Waals surface area contributed by atoms with Crippen molar-refractivity contribution < 1.29 is 19.4 Å². The smallest absolute Gasteiger partial charge is 0.335 e. The number of nitrogens with zero attached hydrogens (tertiary/aromatic N) is 1. The largest absolute Gasteiger partial charge is 0.497 e. The fourth-order valence-corrected chi connectivity index (χ4v) is 3.68. The summed E-state index contributed by atoms with van der Waals surface area (Å²) < 4.78 is 5.15. The van der Waals surface area contributed by atoms with Crippen LogP contribution in [0, 0.1) is 0 Å². The predicted octanol–water partition coefficient (Wildman–Crippen LogP) is 3.17. The molecule has 0 bridgehead atoms. The van der Waals surface area contributed by atoms with Crippen LogP contribution in [0.4, 0.5) is 5.69 Å². The van der Waals surface area contributed by atoms with Gasteiger partial charge in [0.15, 0.2) is 0 Å². The molecule has 0 spiro atoms. The first-order valence-electron chi connectivity index (χ1n) is 7.01. The molecule has 6 heteroatoms. The number of anilines is 1. The second-order valence-corrected chi connectivity index (χ2v) is 6.12. The Morgan fingerprint density at radius 1 is 1.26 bits per heavy atom. The number of aromatic carboxylic acids is 1. The van der Waals surface area contributed by atoms with Crippen molar-refractivity contribution in [3.05, 3.63) is 59.7 Å². The van der Waals surface area contributed by atoms with E-state index in [0.717, 1.165) is 11.3 Å². The van der Waals surface area contributed by atoms with Crippen molar-refractivity contribution in [1.82, 2.24) is 0 Å². The Morgan fingerprint density at radius 3 is 2.65 bits per heavy atom. The number of rotatable bonds is 4. The summed E-state index contributed by atoms with van der Waals surface area (Å²) in [6, 6.07) is 14.0. The zero-order valence-corrected chi connectivity index (χ0v) is 13.2. The number of ether oxygens (including phenoxy) is 1. The van der Waals surface area contributed by atoms with Crippen LogP contribution >= 0.6 is 11.8 Å². The Balaban J connectivity index is 1.96. The highest BCUT2D eigenvalue weighted by Crippen LogP contribution is 2.42. The molecule has 3 rings (SSSR count). The van der Waals surface area contributed by atoms with Gasteiger partial charge in [-0.1, -0.05) is 18.2 Å². The number of thioether (sulfide) groups is 1. The fraction of sp³-hybridized carbons (Fsp3) is 0.176. The quantitative estimate of drug-likeness (QED) is 0.933. The Morgan fingerprint density at radius 2 is 2.00 bits per heavy atom. The molecule has 5 nitrogen and oxygen atoms in total. The Kier molecular flexibility index (Phi) is 4.25. The second-order valence-electron chi connectivity index (χ2n) is 5.06. The lowest BCUT2D eigenvalue weighted by Crippen LogP contribution is -2.28. The molecule has 0 aliphatic carbocycles. The Hall–Kier alpha value is -2.47. The standard InChI is InChI=1S/C17H15NO4S/c1-22-14-7-5-11(6-8-14)16-18(15(19)10-23-16)13-4-2-3-12(9-13)17(20)21/h2-9,16H,10H2,1H3,(H,20,21). The molecule has 1 aliphatic heterocycles. The minimum atomic E-state index is -1.01. The third-order valence-corrected chi connectivity index (χ3v) is 4.85. The summed E-state index contributed by atoms with van der Waals surface area (Å²) in [6.45, 7) is 0. The molecule has 0 radical (unpaired) electrons. The van der Waals surface area contributed by atoms with Gasteiger partial charge in [0.25, 0.3) is 0 Å². The van der Waals surface area contributed by atoms with Crippen molar-refractivity contribution >= 4 is 29.3 Å². The van der Waals surface area contributed by atoms with Gasteiger partial charge in [0, 0.05) is 5.69 Å². The van der Waals surface area contributed by atoms with E-state index in [4.69, 9.17) is 9.84 Å². The molecular weight excluding hydrogens is 314 g/mol. The van der Waals surface area contributed by atoms with E-state index < -0.39 is 5.97 Å². The monoisotopic (exact) mass is 329 g/mol. The summed E-state index contributed by atoms with van der Waals surface area (Å²) in [5.41, 5.74) is 1.74. The molecule has 0 saturated carbocycles. The van der Waals surface area contributed by atoms with Crippen molar-refractivity contribution in [2.75, 3.05) is 17.8 Å². The lowest BCUT2D eigenvalue weighted by Gasteiger charge is -2.24. The SMILES string of the molecule is COc1ccc(C2SCC(=O)N2c2cccc(C(=O)O)c2)cc1. The number of benzene rings is 2. The minimum Gasteiger partial charge on any atom is -0.497 e. The number of amides is 1. The Bertz CT molecular complexity index is 745. The van der Waals surface area contributed by atoms with Crippen LogP contribution in [0.15, 0.2) is 48.5 Å². The first-order chi connectivity index (χ1) is 11.1. The molecule has 1 saturated heterocycles. The van der Waals surface area contributed by atoms with Gasteiger partial charge in [-0.05, 0) is 35.9 Å². The molecule has 2 aromatic rings. The molecule has 1 atom stereocenters. The fourth-order valence-electron chi connectivity index (χ4n) is 2.51. The van der Waals surface area contributed by atoms with E-state index in [0.29, 0.717) is 11.4 Å². The van der Waals surface area contributed by atoms with E-state index >= 15 is 0 Å². The van der Waals surface area contributed by atoms with Gasteiger partial charge in [-0.2, -0.15) is 0 Å². The van der Waals surface area contributed by atoms with E-state index in [-0.39, 0.29) is 16.8 Å². The third-order valence-electron chi connectivity index (χ3n) is 3.64. The molecule has 1 heterocycles. The molecule has 1 fully saturated rings. The van der Waals surface area contributed by atoms with Crippen LogP contribution in [0.2, 0.25) is 0 Å². The molecule has 1 unspecified atom stereocenters. The number of carboxylic acid groups (broad SMARTS) is 1. The number of methoxy groups -OCH3 is 1. The molecule has 1 N–H and O–H groups in total. The maximum Gasteiger partial charge on any atom is 0.335 e. The molecule has 2 aromatic carbocycles. The van der Waals surface area contributed by atoms with Gasteiger partial charge in [-0.3, -0.25) is 9.69 Å². The van der Waals surface area contributed by atoms with Crippen LogP contribution in [-0.2, 0) is 4.79 Å². The van der Waals surface area contributed by atoms with Gasteiger partial charge in [0.1, 0.15) is 11.1 Å². The normalized spacial score (nSPS) is 17.3. The average Bonchev–Trinajstić information content (AvgIpc) is 2.96. The Labute approximate surface area is 137 Å². The highest BCUT2D eigenvalue weighted by Gasteiger charge is 2.34. The number of carboxylic acids is 1. The van der Waals surface area contributed by atoms with Crippen LogP contribution in [0.1, 0.15) is 21.3 Å². The van der Waals surface area contributed by atoms with Crippen molar-refractivity contribution in [2.45, 2.75) is 5.37 Å². The summed E-state index contributed by atoms with van der Waals surface area (Å²) in [4.78, 5) is 25.1. The van der Waals surface area contributed by atoms with Gasteiger partial charge in [-0.15, -0.1) is 11.8 Å². The molecule has 23 heavy (non-hydrogen) atoms. The summed E-state index contributed by atoms with van der Waals surface area (Å²) >= 11 is 1.52.